The maximum atomic E-state index is 13.0. The van der Waals surface area contributed by atoms with Crippen LogP contribution in [0, 0.1) is 18.3 Å². The summed E-state index contributed by atoms with van der Waals surface area (Å²) in [5, 5.41) is 17.0. The number of aromatic nitrogens is 3. The molecule has 39 heavy (non-hydrogen) atoms. The van der Waals surface area contributed by atoms with Crippen molar-refractivity contribution in [1.29, 1.82) is 5.26 Å². The van der Waals surface area contributed by atoms with Crippen molar-refractivity contribution in [2.45, 2.75) is 45.1 Å². The lowest BCUT2D eigenvalue weighted by Gasteiger charge is -2.23. The van der Waals surface area contributed by atoms with Gasteiger partial charge in [0.15, 0.2) is 0 Å². The molecule has 0 bridgehead atoms. The number of hydrogen-bond donors (Lipinski definition) is 1. The van der Waals surface area contributed by atoms with Gasteiger partial charge in [-0.2, -0.15) is 10.4 Å². The number of nitriles is 1. The zero-order valence-electron chi connectivity index (χ0n) is 22.3. The molecule has 3 heterocycles. The van der Waals surface area contributed by atoms with Gasteiger partial charge in [-0.05, 0) is 62.2 Å². The third-order valence-electron chi connectivity index (χ3n) is 6.94. The summed E-state index contributed by atoms with van der Waals surface area (Å²) in [6, 6.07) is 17.2. The highest BCUT2D eigenvalue weighted by Crippen LogP contribution is 2.27. The Hall–Kier alpha value is -4.48. The first-order valence-corrected chi connectivity index (χ1v) is 13.0. The van der Waals surface area contributed by atoms with E-state index in [1.54, 1.807) is 41.5 Å². The molecule has 4 aromatic rings. The van der Waals surface area contributed by atoms with E-state index in [0.29, 0.717) is 11.3 Å². The van der Waals surface area contributed by atoms with E-state index in [0.717, 1.165) is 59.7 Å². The molecule has 1 aliphatic heterocycles. The number of nitrogens with one attached hydrogen (secondary N) is 1. The largest absolute Gasteiger partial charge is 0.489 e. The molecule has 1 saturated heterocycles. The summed E-state index contributed by atoms with van der Waals surface area (Å²) >= 11 is 0. The second kappa shape index (κ2) is 11.1. The van der Waals surface area contributed by atoms with E-state index in [9.17, 15) is 10.1 Å². The second-order valence-corrected chi connectivity index (χ2v) is 10.3. The highest BCUT2D eigenvalue weighted by atomic mass is 16.5. The summed E-state index contributed by atoms with van der Waals surface area (Å²) in [5.41, 5.74) is 4.93. The van der Waals surface area contributed by atoms with Gasteiger partial charge in [-0.1, -0.05) is 18.2 Å². The number of carbonyl (C=O) groups excluding carboxylic acids is 1. The van der Waals surface area contributed by atoms with Gasteiger partial charge in [0, 0.05) is 47.6 Å². The standard InChI is InChI=1S/C31H31N5O3/c1-21-7-8-26(35-30(37)22-5-4-6-25(13-22)31(2,3)20-32)15-29(21)36-19-24(17-34-36)23-14-28(18-33-16-23)39-27-9-11-38-12-10-27/h4-8,13-19,27H,9-12H2,1-3H3,(H,35,37). The second-order valence-electron chi connectivity index (χ2n) is 10.3. The third-order valence-corrected chi connectivity index (χ3v) is 6.94. The van der Waals surface area contributed by atoms with E-state index in [1.807, 2.05) is 57.3 Å². The Morgan fingerprint density at radius 2 is 1.92 bits per heavy atom. The predicted octanol–water partition coefficient (Wildman–Crippen LogP) is 5.85. The average Bonchev–Trinajstić information content (AvgIpc) is 3.45. The van der Waals surface area contributed by atoms with Gasteiger partial charge in [0.05, 0.1) is 42.8 Å². The fourth-order valence-corrected chi connectivity index (χ4v) is 4.48. The quantitative estimate of drug-likeness (QED) is 0.327. The first kappa shape index (κ1) is 26.1. The molecule has 0 saturated carbocycles. The zero-order valence-corrected chi connectivity index (χ0v) is 22.3. The zero-order chi connectivity index (χ0) is 27.4. The van der Waals surface area contributed by atoms with Gasteiger partial charge in [-0.25, -0.2) is 4.68 Å². The summed E-state index contributed by atoms with van der Waals surface area (Å²) in [6.07, 6.45) is 9.15. The molecule has 0 aliphatic carbocycles. The Labute approximate surface area is 228 Å². The Morgan fingerprint density at radius 3 is 2.72 bits per heavy atom. The summed E-state index contributed by atoms with van der Waals surface area (Å²) in [6.45, 7) is 7.10. The third kappa shape index (κ3) is 6.00. The molecular weight excluding hydrogens is 490 g/mol. The van der Waals surface area contributed by atoms with Gasteiger partial charge in [-0.15, -0.1) is 0 Å². The minimum absolute atomic E-state index is 0.138. The van der Waals surface area contributed by atoms with Crippen LogP contribution >= 0.6 is 0 Å². The van der Waals surface area contributed by atoms with Crippen molar-refractivity contribution in [1.82, 2.24) is 14.8 Å². The van der Waals surface area contributed by atoms with Crippen LogP contribution in [0.3, 0.4) is 0 Å². The Balaban J connectivity index is 1.34. The maximum Gasteiger partial charge on any atom is 0.255 e. The Morgan fingerprint density at radius 1 is 1.10 bits per heavy atom. The summed E-state index contributed by atoms with van der Waals surface area (Å²) in [5.74, 6) is 0.490. The van der Waals surface area contributed by atoms with Crippen LogP contribution in [-0.2, 0) is 10.2 Å². The topological polar surface area (TPSA) is 102 Å². The van der Waals surface area contributed by atoms with E-state index in [2.05, 4.69) is 21.5 Å². The molecule has 0 atom stereocenters. The Bertz CT molecular complexity index is 1530. The van der Waals surface area contributed by atoms with Gasteiger partial charge in [-0.3, -0.25) is 9.78 Å². The number of nitrogens with zero attached hydrogens (tertiary/aromatic N) is 4. The molecule has 0 radical (unpaired) electrons. The number of amides is 1. The van der Waals surface area contributed by atoms with E-state index in [1.165, 1.54) is 0 Å². The number of anilines is 1. The number of carbonyl (C=O) groups is 1. The molecule has 1 fully saturated rings. The van der Waals surface area contributed by atoms with Crippen LogP contribution in [-0.4, -0.2) is 40.0 Å². The monoisotopic (exact) mass is 521 g/mol. The van der Waals surface area contributed by atoms with Crippen LogP contribution in [0.4, 0.5) is 5.69 Å². The van der Waals surface area contributed by atoms with E-state index in [-0.39, 0.29) is 12.0 Å². The number of pyridine rings is 1. The lowest BCUT2D eigenvalue weighted by Crippen LogP contribution is -2.25. The van der Waals surface area contributed by atoms with Crippen LogP contribution in [0.5, 0.6) is 5.75 Å². The maximum absolute atomic E-state index is 13.0. The number of rotatable bonds is 7. The first-order chi connectivity index (χ1) is 18.8. The van der Waals surface area contributed by atoms with Crippen molar-refractivity contribution in [2.75, 3.05) is 18.5 Å². The highest BCUT2D eigenvalue weighted by Gasteiger charge is 2.21. The highest BCUT2D eigenvalue weighted by molar-refractivity contribution is 6.04. The molecule has 8 heteroatoms. The normalized spacial score (nSPS) is 14.0. The molecule has 0 unspecified atom stereocenters. The average molecular weight is 522 g/mol. The van der Waals surface area contributed by atoms with Gasteiger partial charge in [0.1, 0.15) is 11.9 Å². The fraction of sp³-hybridized carbons (Fsp3) is 0.290. The summed E-state index contributed by atoms with van der Waals surface area (Å²) in [4.78, 5) is 17.4. The number of ether oxygens (including phenoxy) is 2. The number of aryl methyl sites for hydroxylation is 1. The summed E-state index contributed by atoms with van der Waals surface area (Å²) < 4.78 is 13.3. The van der Waals surface area contributed by atoms with Crippen molar-refractivity contribution in [3.05, 3.63) is 90.0 Å². The van der Waals surface area contributed by atoms with Crippen LogP contribution < -0.4 is 10.1 Å². The van der Waals surface area contributed by atoms with Gasteiger partial charge in [0.2, 0.25) is 0 Å². The van der Waals surface area contributed by atoms with Crippen LogP contribution in [0.25, 0.3) is 16.8 Å². The van der Waals surface area contributed by atoms with Crippen LogP contribution in [0.15, 0.2) is 73.3 Å². The lowest BCUT2D eigenvalue weighted by molar-refractivity contribution is 0.0254. The molecule has 8 nitrogen and oxygen atoms in total. The SMILES string of the molecule is Cc1ccc(NC(=O)c2cccc(C(C)(C)C#N)c2)cc1-n1cc(-c2cncc(OC3CCOCC3)c2)cn1. The Kier molecular flexibility index (Phi) is 7.44. The van der Waals surface area contributed by atoms with Gasteiger partial charge >= 0.3 is 0 Å². The lowest BCUT2D eigenvalue weighted by atomic mass is 9.85. The molecule has 0 spiro atoms. The minimum Gasteiger partial charge on any atom is -0.489 e. The molecule has 1 aliphatic rings. The molecule has 2 aromatic carbocycles. The van der Waals surface area contributed by atoms with Crippen LogP contribution in [0.2, 0.25) is 0 Å². The smallest absolute Gasteiger partial charge is 0.255 e. The van der Waals surface area contributed by atoms with Crippen molar-refractivity contribution in [2.24, 2.45) is 0 Å². The predicted molar refractivity (Wildman–Crippen MR) is 149 cm³/mol. The minimum atomic E-state index is -0.683. The molecule has 1 N–H and O–H groups in total. The first-order valence-electron chi connectivity index (χ1n) is 13.0. The van der Waals surface area contributed by atoms with Crippen LogP contribution in [0.1, 0.15) is 48.2 Å². The van der Waals surface area contributed by atoms with Gasteiger partial charge < -0.3 is 14.8 Å². The van der Waals surface area contributed by atoms with Crippen molar-refractivity contribution >= 4 is 11.6 Å². The number of hydrogen-bond acceptors (Lipinski definition) is 6. The van der Waals surface area contributed by atoms with Crippen molar-refractivity contribution < 1.29 is 14.3 Å². The van der Waals surface area contributed by atoms with Crippen molar-refractivity contribution in [3.8, 4) is 28.6 Å². The molecule has 198 valence electrons. The van der Waals surface area contributed by atoms with E-state index < -0.39 is 5.41 Å². The number of benzene rings is 2. The van der Waals surface area contributed by atoms with E-state index in [4.69, 9.17) is 9.47 Å². The fourth-order valence-electron chi connectivity index (χ4n) is 4.48. The molecule has 5 rings (SSSR count). The van der Waals surface area contributed by atoms with Crippen molar-refractivity contribution in [3.63, 3.8) is 0 Å². The molecule has 2 aromatic heterocycles. The molecular formula is C31H31N5O3. The summed E-state index contributed by atoms with van der Waals surface area (Å²) in [7, 11) is 0. The van der Waals surface area contributed by atoms with E-state index >= 15 is 0 Å². The molecule has 1 amide bonds. The van der Waals surface area contributed by atoms with Gasteiger partial charge in [0.25, 0.3) is 5.91 Å².